The Labute approximate surface area is 169 Å². The van der Waals surface area contributed by atoms with Crippen molar-refractivity contribution in [3.8, 4) is 11.8 Å². The summed E-state index contributed by atoms with van der Waals surface area (Å²) in [7, 11) is 0. The lowest BCUT2D eigenvalue weighted by atomic mass is 10.0. The molecule has 0 unspecified atom stereocenters. The molecule has 4 heteroatoms. The van der Waals surface area contributed by atoms with Crippen LogP contribution in [0.15, 0.2) is 66.9 Å². The van der Waals surface area contributed by atoms with Crippen molar-refractivity contribution in [2.24, 2.45) is 0 Å². The van der Waals surface area contributed by atoms with Crippen LogP contribution in [-0.2, 0) is 0 Å². The van der Waals surface area contributed by atoms with E-state index in [-0.39, 0.29) is 0 Å². The third kappa shape index (κ3) is 3.31. The van der Waals surface area contributed by atoms with Gasteiger partial charge in [-0.25, -0.2) is 0 Å². The highest BCUT2D eigenvalue weighted by Gasteiger charge is 2.12. The fourth-order valence-corrected chi connectivity index (χ4v) is 3.72. The molecule has 0 atom stereocenters. The average molecular weight is 384 g/mol. The van der Waals surface area contributed by atoms with Crippen LogP contribution < -0.4 is 0 Å². The molecule has 3 nitrogen and oxygen atoms in total. The van der Waals surface area contributed by atoms with Crippen molar-refractivity contribution in [1.29, 1.82) is 5.26 Å². The zero-order chi connectivity index (χ0) is 19.7. The van der Waals surface area contributed by atoms with E-state index in [9.17, 15) is 5.26 Å². The number of benzene rings is 2. The molecule has 136 valence electrons. The van der Waals surface area contributed by atoms with E-state index in [4.69, 9.17) is 11.6 Å². The molecule has 0 aliphatic rings. The number of pyridine rings is 1. The second-order valence-corrected chi connectivity index (χ2v) is 7.16. The van der Waals surface area contributed by atoms with Crippen LogP contribution in [-0.4, -0.2) is 9.55 Å². The Bertz CT molecular complexity index is 1260. The Morgan fingerprint density at radius 3 is 2.71 bits per heavy atom. The molecular formula is C24H18ClN3. The van der Waals surface area contributed by atoms with Crippen LogP contribution in [0.2, 0.25) is 5.02 Å². The number of nitrogens with zero attached hydrogens (tertiary/aromatic N) is 3. The summed E-state index contributed by atoms with van der Waals surface area (Å²) >= 11 is 6.09. The third-order valence-corrected chi connectivity index (χ3v) is 5.11. The van der Waals surface area contributed by atoms with Crippen molar-refractivity contribution in [3.63, 3.8) is 0 Å². The first-order valence-electron chi connectivity index (χ1n) is 8.98. The van der Waals surface area contributed by atoms with Crippen LogP contribution >= 0.6 is 11.6 Å². The molecular weight excluding hydrogens is 366 g/mol. The van der Waals surface area contributed by atoms with Gasteiger partial charge < -0.3 is 4.57 Å². The van der Waals surface area contributed by atoms with E-state index in [1.807, 2.05) is 36.4 Å². The number of aromatic nitrogens is 2. The molecule has 2 heterocycles. The summed E-state index contributed by atoms with van der Waals surface area (Å²) in [4.78, 5) is 4.39. The zero-order valence-corrected chi connectivity index (χ0v) is 16.4. The lowest BCUT2D eigenvalue weighted by Crippen LogP contribution is -1.99. The summed E-state index contributed by atoms with van der Waals surface area (Å²) < 4.78 is 2.20. The molecule has 0 saturated carbocycles. The quantitative estimate of drug-likeness (QED) is 0.386. The lowest BCUT2D eigenvalue weighted by Gasteiger charge is -2.10. The van der Waals surface area contributed by atoms with Crippen molar-refractivity contribution < 1.29 is 0 Å². The maximum Gasteiger partial charge on any atom is 0.0998 e. The summed E-state index contributed by atoms with van der Waals surface area (Å²) in [5.41, 5.74) is 6.66. The van der Waals surface area contributed by atoms with Gasteiger partial charge in [0.1, 0.15) is 0 Å². The van der Waals surface area contributed by atoms with E-state index in [2.05, 4.69) is 53.7 Å². The van der Waals surface area contributed by atoms with Crippen LogP contribution in [0.1, 0.15) is 22.5 Å². The average Bonchev–Trinajstić information content (AvgIpc) is 2.98. The van der Waals surface area contributed by atoms with Gasteiger partial charge in [-0.15, -0.1) is 0 Å². The SMILES string of the molecule is Cc1cc(/C=C(/C#N)c2cccc(Cl)c2)c(C)n1-c1ccc2ncccc2c1. The Morgan fingerprint density at radius 1 is 1.07 bits per heavy atom. The van der Waals surface area contributed by atoms with Crippen molar-refractivity contribution in [1.82, 2.24) is 9.55 Å². The second kappa shape index (κ2) is 7.34. The molecule has 2 aromatic carbocycles. The van der Waals surface area contributed by atoms with Crippen LogP contribution in [0, 0.1) is 25.2 Å². The van der Waals surface area contributed by atoms with Gasteiger partial charge in [0.15, 0.2) is 0 Å². The summed E-state index contributed by atoms with van der Waals surface area (Å²) in [5, 5.41) is 11.4. The smallest absolute Gasteiger partial charge is 0.0998 e. The fraction of sp³-hybridized carbons (Fsp3) is 0.0833. The van der Waals surface area contributed by atoms with E-state index in [1.54, 1.807) is 12.3 Å². The van der Waals surface area contributed by atoms with Gasteiger partial charge >= 0.3 is 0 Å². The van der Waals surface area contributed by atoms with Gasteiger partial charge in [-0.2, -0.15) is 5.26 Å². The van der Waals surface area contributed by atoms with Crippen LogP contribution in [0.5, 0.6) is 0 Å². The predicted octanol–water partition coefficient (Wildman–Crippen LogP) is 6.36. The van der Waals surface area contributed by atoms with Crippen LogP contribution in [0.25, 0.3) is 28.2 Å². The number of allylic oxidation sites excluding steroid dienone is 1. The molecule has 2 aromatic heterocycles. The summed E-state index contributed by atoms with van der Waals surface area (Å²) in [6.07, 6.45) is 3.73. The maximum absolute atomic E-state index is 9.66. The Kier molecular flexibility index (Phi) is 4.73. The number of halogens is 1. The van der Waals surface area contributed by atoms with Crippen molar-refractivity contribution in [2.45, 2.75) is 13.8 Å². The van der Waals surface area contributed by atoms with Crippen LogP contribution in [0.4, 0.5) is 0 Å². The maximum atomic E-state index is 9.66. The fourth-order valence-electron chi connectivity index (χ4n) is 3.52. The number of fused-ring (bicyclic) bond motifs is 1. The van der Waals surface area contributed by atoms with Gasteiger partial charge in [0.05, 0.1) is 17.2 Å². The van der Waals surface area contributed by atoms with Gasteiger partial charge in [-0.05, 0) is 73.5 Å². The minimum atomic E-state index is 0.588. The molecule has 0 radical (unpaired) electrons. The molecule has 0 aliphatic carbocycles. The second-order valence-electron chi connectivity index (χ2n) is 6.72. The first-order valence-corrected chi connectivity index (χ1v) is 9.36. The third-order valence-electron chi connectivity index (χ3n) is 4.87. The minimum Gasteiger partial charge on any atom is -0.318 e. The molecule has 28 heavy (non-hydrogen) atoms. The molecule has 4 aromatic rings. The normalized spacial score (nSPS) is 11.6. The highest BCUT2D eigenvalue weighted by molar-refractivity contribution is 6.30. The monoisotopic (exact) mass is 383 g/mol. The Morgan fingerprint density at radius 2 is 1.93 bits per heavy atom. The van der Waals surface area contributed by atoms with Gasteiger partial charge in [-0.1, -0.05) is 29.8 Å². The molecule has 0 bridgehead atoms. The molecule has 0 aliphatic heterocycles. The van der Waals surface area contributed by atoms with Gasteiger partial charge in [0, 0.05) is 33.7 Å². The number of hydrogen-bond acceptors (Lipinski definition) is 2. The van der Waals surface area contributed by atoms with E-state index in [1.165, 1.54) is 0 Å². The number of nitriles is 1. The lowest BCUT2D eigenvalue weighted by molar-refractivity contribution is 0.966. The molecule has 4 rings (SSSR count). The molecule has 0 fully saturated rings. The van der Waals surface area contributed by atoms with Gasteiger partial charge in [0.25, 0.3) is 0 Å². The first kappa shape index (κ1) is 18.0. The van der Waals surface area contributed by atoms with Gasteiger partial charge in [-0.3, -0.25) is 4.98 Å². The summed E-state index contributed by atoms with van der Waals surface area (Å²) in [6, 6.07) is 22.0. The molecule has 0 spiro atoms. The molecule has 0 saturated heterocycles. The van der Waals surface area contributed by atoms with E-state index < -0.39 is 0 Å². The minimum absolute atomic E-state index is 0.588. The topological polar surface area (TPSA) is 41.6 Å². The van der Waals surface area contributed by atoms with E-state index in [0.717, 1.165) is 39.1 Å². The highest BCUT2D eigenvalue weighted by atomic mass is 35.5. The largest absolute Gasteiger partial charge is 0.318 e. The number of aryl methyl sites for hydroxylation is 1. The standard InChI is InChI=1S/C24H18ClN3/c1-16-11-20(12-21(15-26)18-5-3-7-22(25)13-18)17(2)28(16)23-8-9-24-19(14-23)6-4-10-27-24/h3-14H,1-2H3/b21-12-. The Balaban J connectivity index is 1.81. The van der Waals surface area contributed by atoms with Crippen molar-refractivity contribution in [3.05, 3.63) is 94.4 Å². The van der Waals surface area contributed by atoms with Crippen molar-refractivity contribution in [2.75, 3.05) is 0 Å². The zero-order valence-electron chi connectivity index (χ0n) is 15.6. The summed E-state index contributed by atoms with van der Waals surface area (Å²) in [6.45, 7) is 4.14. The predicted molar refractivity (Wildman–Crippen MR) is 115 cm³/mol. The van der Waals surface area contributed by atoms with Crippen molar-refractivity contribution >= 4 is 34.2 Å². The van der Waals surface area contributed by atoms with Crippen LogP contribution in [0.3, 0.4) is 0 Å². The number of hydrogen-bond donors (Lipinski definition) is 0. The molecule has 0 amide bonds. The van der Waals surface area contributed by atoms with Gasteiger partial charge in [0.2, 0.25) is 0 Å². The van der Waals surface area contributed by atoms with E-state index in [0.29, 0.717) is 10.6 Å². The Hall–Kier alpha value is -3.35. The number of rotatable bonds is 3. The highest BCUT2D eigenvalue weighted by Crippen LogP contribution is 2.27. The molecule has 0 N–H and O–H groups in total. The van der Waals surface area contributed by atoms with E-state index >= 15 is 0 Å². The first-order chi connectivity index (χ1) is 13.6. The summed E-state index contributed by atoms with van der Waals surface area (Å²) in [5.74, 6) is 0.